The SMILES string of the molecule is O=C1Cc2cc(N3CCN(C(=O)C4CCCO4)CC3)ccc2N1. The summed E-state index contributed by atoms with van der Waals surface area (Å²) in [6.07, 6.45) is 2.07. The number of nitrogens with one attached hydrogen (secondary N) is 1. The van der Waals surface area contributed by atoms with Crippen molar-refractivity contribution in [3.8, 4) is 0 Å². The van der Waals surface area contributed by atoms with Crippen LogP contribution in [0.15, 0.2) is 18.2 Å². The molecule has 3 aliphatic heterocycles. The summed E-state index contributed by atoms with van der Waals surface area (Å²) < 4.78 is 5.50. The molecule has 1 unspecified atom stereocenters. The minimum Gasteiger partial charge on any atom is -0.368 e. The van der Waals surface area contributed by atoms with Crippen LogP contribution in [0.5, 0.6) is 0 Å². The van der Waals surface area contributed by atoms with Gasteiger partial charge in [-0.1, -0.05) is 0 Å². The van der Waals surface area contributed by atoms with Gasteiger partial charge in [-0.25, -0.2) is 0 Å². The molecular weight excluding hydrogens is 294 g/mol. The predicted molar refractivity (Wildman–Crippen MR) is 86.5 cm³/mol. The lowest BCUT2D eigenvalue weighted by atomic mass is 10.1. The van der Waals surface area contributed by atoms with Crippen LogP contribution in [0.25, 0.3) is 0 Å². The lowest BCUT2D eigenvalue weighted by Crippen LogP contribution is -2.51. The lowest BCUT2D eigenvalue weighted by molar-refractivity contribution is -0.141. The molecule has 3 heterocycles. The first-order valence-corrected chi connectivity index (χ1v) is 8.29. The number of rotatable bonds is 2. The smallest absolute Gasteiger partial charge is 0.251 e. The molecule has 0 bridgehead atoms. The van der Waals surface area contributed by atoms with E-state index in [9.17, 15) is 9.59 Å². The van der Waals surface area contributed by atoms with Crippen molar-refractivity contribution in [2.45, 2.75) is 25.4 Å². The number of fused-ring (bicyclic) bond motifs is 1. The molecule has 2 saturated heterocycles. The molecule has 2 fully saturated rings. The third-order valence-electron chi connectivity index (χ3n) is 4.88. The van der Waals surface area contributed by atoms with E-state index in [4.69, 9.17) is 4.74 Å². The molecule has 0 aromatic heterocycles. The number of amides is 2. The number of hydrogen-bond acceptors (Lipinski definition) is 4. The second kappa shape index (κ2) is 5.85. The largest absolute Gasteiger partial charge is 0.368 e. The Labute approximate surface area is 135 Å². The van der Waals surface area contributed by atoms with Crippen molar-refractivity contribution in [3.63, 3.8) is 0 Å². The fourth-order valence-electron chi connectivity index (χ4n) is 3.57. The minimum atomic E-state index is -0.223. The number of carbonyl (C=O) groups excluding carboxylic acids is 2. The Hall–Kier alpha value is -2.08. The highest BCUT2D eigenvalue weighted by Gasteiger charge is 2.30. The molecule has 6 heteroatoms. The first-order chi connectivity index (χ1) is 11.2. The average molecular weight is 315 g/mol. The highest BCUT2D eigenvalue weighted by atomic mass is 16.5. The van der Waals surface area contributed by atoms with E-state index in [0.29, 0.717) is 13.0 Å². The summed E-state index contributed by atoms with van der Waals surface area (Å²) in [6, 6.07) is 6.10. The number of carbonyl (C=O) groups is 2. The molecule has 122 valence electrons. The molecule has 1 aromatic carbocycles. The molecule has 23 heavy (non-hydrogen) atoms. The molecule has 0 saturated carbocycles. The van der Waals surface area contributed by atoms with Gasteiger partial charge in [0.05, 0.1) is 6.42 Å². The van der Waals surface area contributed by atoms with Gasteiger partial charge in [0.25, 0.3) is 5.91 Å². The summed E-state index contributed by atoms with van der Waals surface area (Å²) in [6.45, 7) is 3.80. The van der Waals surface area contributed by atoms with Gasteiger partial charge in [-0.3, -0.25) is 9.59 Å². The molecule has 1 N–H and O–H groups in total. The number of benzene rings is 1. The van der Waals surface area contributed by atoms with Crippen molar-refractivity contribution >= 4 is 23.2 Å². The zero-order chi connectivity index (χ0) is 15.8. The number of hydrogen-bond donors (Lipinski definition) is 1. The molecule has 0 spiro atoms. The predicted octanol–water partition coefficient (Wildman–Crippen LogP) is 1.01. The van der Waals surface area contributed by atoms with Crippen LogP contribution >= 0.6 is 0 Å². The van der Waals surface area contributed by atoms with Crippen molar-refractivity contribution in [2.24, 2.45) is 0 Å². The Kier molecular flexibility index (Phi) is 3.69. The maximum Gasteiger partial charge on any atom is 0.251 e. The van der Waals surface area contributed by atoms with Gasteiger partial charge in [0.15, 0.2) is 0 Å². The molecule has 4 rings (SSSR count). The first-order valence-electron chi connectivity index (χ1n) is 8.29. The van der Waals surface area contributed by atoms with Gasteiger partial charge < -0.3 is 19.9 Å². The normalized spacial score (nSPS) is 23.8. The van der Waals surface area contributed by atoms with E-state index in [1.807, 2.05) is 17.0 Å². The van der Waals surface area contributed by atoms with Gasteiger partial charge in [-0.2, -0.15) is 0 Å². The van der Waals surface area contributed by atoms with Crippen LogP contribution in [0.3, 0.4) is 0 Å². The Morgan fingerprint density at radius 3 is 2.78 bits per heavy atom. The van der Waals surface area contributed by atoms with Crippen molar-refractivity contribution in [2.75, 3.05) is 43.0 Å². The Balaban J connectivity index is 1.39. The first kappa shape index (κ1) is 14.5. The van der Waals surface area contributed by atoms with Gasteiger partial charge in [-0.05, 0) is 36.6 Å². The summed E-state index contributed by atoms with van der Waals surface area (Å²) in [5.74, 6) is 0.204. The van der Waals surface area contributed by atoms with Crippen LogP contribution in [-0.4, -0.2) is 55.6 Å². The molecule has 3 aliphatic rings. The molecule has 2 amide bonds. The molecule has 1 aromatic rings. The number of ether oxygens (including phenoxy) is 1. The third-order valence-corrected chi connectivity index (χ3v) is 4.88. The molecule has 1 atom stereocenters. The summed E-state index contributed by atoms with van der Waals surface area (Å²) in [5, 5.41) is 2.86. The minimum absolute atomic E-state index is 0.0594. The van der Waals surface area contributed by atoms with Crippen LogP contribution in [-0.2, 0) is 20.7 Å². The van der Waals surface area contributed by atoms with E-state index in [1.165, 1.54) is 0 Å². The lowest BCUT2D eigenvalue weighted by Gasteiger charge is -2.37. The molecule has 6 nitrogen and oxygen atoms in total. The second-order valence-corrected chi connectivity index (χ2v) is 6.38. The Morgan fingerprint density at radius 2 is 2.04 bits per heavy atom. The number of piperazine rings is 1. The van der Waals surface area contributed by atoms with Gasteiger partial charge >= 0.3 is 0 Å². The zero-order valence-electron chi connectivity index (χ0n) is 13.1. The summed E-state index contributed by atoms with van der Waals surface area (Å²) in [5.41, 5.74) is 3.11. The van der Waals surface area contributed by atoms with Crippen molar-refractivity contribution in [1.29, 1.82) is 0 Å². The topological polar surface area (TPSA) is 61.9 Å². The summed E-state index contributed by atoms with van der Waals surface area (Å²) in [7, 11) is 0. The second-order valence-electron chi connectivity index (χ2n) is 6.38. The van der Waals surface area contributed by atoms with E-state index in [0.717, 1.165) is 56.0 Å². The van der Waals surface area contributed by atoms with E-state index in [-0.39, 0.29) is 17.9 Å². The fourth-order valence-corrected chi connectivity index (χ4v) is 3.57. The highest BCUT2D eigenvalue weighted by Crippen LogP contribution is 2.28. The van der Waals surface area contributed by atoms with E-state index in [2.05, 4.69) is 16.3 Å². The highest BCUT2D eigenvalue weighted by molar-refractivity contribution is 5.99. The van der Waals surface area contributed by atoms with Crippen molar-refractivity contribution in [3.05, 3.63) is 23.8 Å². The van der Waals surface area contributed by atoms with Crippen molar-refractivity contribution < 1.29 is 14.3 Å². The number of nitrogens with zero attached hydrogens (tertiary/aromatic N) is 2. The van der Waals surface area contributed by atoms with Crippen molar-refractivity contribution in [1.82, 2.24) is 4.90 Å². The number of anilines is 2. The molecular formula is C17H21N3O3. The summed E-state index contributed by atoms with van der Waals surface area (Å²) in [4.78, 5) is 28.0. The molecule has 0 aliphatic carbocycles. The quantitative estimate of drug-likeness (QED) is 0.885. The maximum atomic E-state index is 12.4. The van der Waals surface area contributed by atoms with Gasteiger partial charge in [-0.15, -0.1) is 0 Å². The average Bonchev–Trinajstić information content (AvgIpc) is 3.22. The Bertz CT molecular complexity index is 632. The maximum absolute atomic E-state index is 12.4. The fraction of sp³-hybridized carbons (Fsp3) is 0.529. The van der Waals surface area contributed by atoms with Crippen LogP contribution in [0.2, 0.25) is 0 Å². The van der Waals surface area contributed by atoms with E-state index in [1.54, 1.807) is 0 Å². The van der Waals surface area contributed by atoms with Gasteiger partial charge in [0.1, 0.15) is 6.10 Å². The van der Waals surface area contributed by atoms with Crippen LogP contribution in [0, 0.1) is 0 Å². The van der Waals surface area contributed by atoms with Gasteiger partial charge in [0, 0.05) is 44.2 Å². The van der Waals surface area contributed by atoms with Crippen LogP contribution in [0.4, 0.5) is 11.4 Å². The Morgan fingerprint density at radius 1 is 1.22 bits per heavy atom. The zero-order valence-corrected chi connectivity index (χ0v) is 13.1. The van der Waals surface area contributed by atoms with Crippen LogP contribution < -0.4 is 10.2 Å². The van der Waals surface area contributed by atoms with Gasteiger partial charge in [0.2, 0.25) is 5.91 Å². The monoisotopic (exact) mass is 315 g/mol. The van der Waals surface area contributed by atoms with E-state index < -0.39 is 0 Å². The van der Waals surface area contributed by atoms with E-state index >= 15 is 0 Å². The molecule has 0 radical (unpaired) electrons. The third kappa shape index (κ3) is 2.79. The summed E-state index contributed by atoms with van der Waals surface area (Å²) >= 11 is 0. The van der Waals surface area contributed by atoms with Crippen LogP contribution in [0.1, 0.15) is 18.4 Å². The standard InChI is InChI=1S/C17H21N3O3/c21-16-11-12-10-13(3-4-14(12)18-16)19-5-7-20(8-6-19)17(22)15-2-1-9-23-15/h3-4,10,15H,1-2,5-9,11H2,(H,18,21).